The van der Waals surface area contributed by atoms with Crippen LogP contribution >= 0.6 is 0 Å². The van der Waals surface area contributed by atoms with Crippen molar-refractivity contribution in [2.45, 2.75) is 345 Å². The van der Waals surface area contributed by atoms with Crippen LogP contribution in [0.2, 0.25) is 0 Å². The van der Waals surface area contributed by atoms with Crippen LogP contribution in [-0.2, 0) is 109 Å². The van der Waals surface area contributed by atoms with Crippen molar-refractivity contribution in [3.05, 3.63) is 0 Å². The van der Waals surface area contributed by atoms with E-state index in [0.717, 1.165) is 4.90 Å². The molecule has 0 aromatic carbocycles. The zero-order valence-electron chi connectivity index (χ0n) is 78.8. The van der Waals surface area contributed by atoms with Crippen LogP contribution in [0, 0.1) is 0 Å². The molecule has 32 N–H and O–H groups in total. The second kappa shape index (κ2) is 64.4. The minimum atomic E-state index is -2.04. The predicted molar refractivity (Wildman–Crippen MR) is 476 cm³/mol. The van der Waals surface area contributed by atoms with Gasteiger partial charge in [0.05, 0.1) is 111 Å². The van der Waals surface area contributed by atoms with Gasteiger partial charge in [-0.2, -0.15) is 0 Å². The molecule has 7 saturated heterocycles. The van der Waals surface area contributed by atoms with Crippen LogP contribution in [0.3, 0.4) is 0 Å². The van der Waals surface area contributed by atoms with E-state index >= 15 is 0 Å². The van der Waals surface area contributed by atoms with E-state index in [1.165, 1.54) is 18.7 Å². The molecule has 0 radical (unpaired) electrons. The second-order valence-electron chi connectivity index (χ2n) is 35.7. The molecule has 56 nitrogen and oxygen atoms in total. The first-order valence-corrected chi connectivity index (χ1v) is 47.6. The number of carbonyl (C=O) groups excluding carboxylic acids is 9. The third-order valence-corrected chi connectivity index (χ3v) is 24.5. The molecular formula is C86H154N10O46. The summed E-state index contributed by atoms with van der Waals surface area (Å²) in [6.07, 6.45) is -54.9. The third kappa shape index (κ3) is 39.2. The molecule has 56 heteroatoms. The van der Waals surface area contributed by atoms with Gasteiger partial charge in [-0.05, 0) is 91.0 Å². The molecule has 0 aliphatic carbocycles. The highest BCUT2D eigenvalue weighted by atomic mass is 16.8. The van der Waals surface area contributed by atoms with Gasteiger partial charge >= 0.3 is 0 Å². The minimum Gasteiger partial charge on any atom is -0.394 e. The maximum Gasteiger partial charge on any atom is 0.234 e. The van der Waals surface area contributed by atoms with E-state index in [1.807, 2.05) is 0 Å². The lowest BCUT2D eigenvalue weighted by atomic mass is 9.96. The Balaban J connectivity index is 0.0000309. The van der Waals surface area contributed by atoms with E-state index in [0.29, 0.717) is 83.6 Å². The third-order valence-electron chi connectivity index (χ3n) is 24.5. The minimum absolute atomic E-state index is 0. The van der Waals surface area contributed by atoms with E-state index < -0.39 is 348 Å². The molecule has 142 heavy (non-hydrogen) atoms. The first-order chi connectivity index (χ1) is 67.2. The van der Waals surface area contributed by atoms with Crippen LogP contribution in [-0.4, -0.2) is 546 Å². The number of nitrogens with two attached hydrogens (primary N) is 1. The summed E-state index contributed by atoms with van der Waals surface area (Å²) in [4.78, 5) is 121. The molecule has 36 atom stereocenters. The number of amides is 7. The number of nitrogens with one attached hydrogen (secondary N) is 7. The van der Waals surface area contributed by atoms with E-state index in [4.69, 9.17) is 72.0 Å². The lowest BCUT2D eigenvalue weighted by molar-refractivity contribution is -0.366. The summed E-state index contributed by atoms with van der Waals surface area (Å²) in [6.45, 7) is -5.78. The first-order valence-electron chi connectivity index (χ1n) is 47.6. The van der Waals surface area contributed by atoms with Gasteiger partial charge in [-0.3, -0.25) is 53.0 Å². The molecule has 7 rings (SSSR count). The molecule has 7 aliphatic rings. The fourth-order valence-corrected chi connectivity index (χ4v) is 16.2. The predicted octanol–water partition coefficient (Wildman–Crippen LogP) is -16.5. The smallest absolute Gasteiger partial charge is 0.234 e. The zero-order valence-corrected chi connectivity index (χ0v) is 78.8. The standard InChI is InChI=1S/C85H150N10O46.CH4/c1-41(100)44(17-8-9-19-86)93-51(102)18-7-4-11-21-88-53(104)30-94(29-52(103)87-20-10-3-6-15-43(101)16-14-26-128-82-75(126)77(140-84-73(124)68(119)61(112)47(37-98)136-84)63(114)49(138-82)39-131-80-71(122)66(117)59(110)45(35-96)134-80)31-54(105)89-22-12-5-13-23-90-55(106)32-95(33-56(107)91-24-27-129-79-70(121)65(116)58(109)42(2)133-79)34-57(108)92-25-28-130-83-76(127)78(141-85-74(125)69(120)62(113)48(38-99)137-85)64(115)50(139-83)40-132-81-72(123)67(118)60(111)46(36-97)135-81;/h42,44-50,58-85,96-99,109-127H,3-40,86H2,1-2H3,(H,87,103)(H,88,104)(H,89,105)(H,90,106)(H,91,107)(H,92,108)(H,93,102);1H4/t42-,44-,45+,46+,47+,48+,49+,50+,58+,59+,60+,61+,62+,63+,64+,65+,66-,67-,68-,69-,70-,71-,72-,73-,74-,75-,76-,77-,78-,79+,80-,81-,82-,83-,84+,85+;/m0./s1. The number of ketones is 2. The number of rotatable bonds is 63. The Kier molecular flexibility index (Phi) is 56.6. The first kappa shape index (κ1) is 125. The summed E-state index contributed by atoms with van der Waals surface area (Å²) in [7, 11) is 0. The molecule has 7 amide bonds. The van der Waals surface area contributed by atoms with E-state index in [-0.39, 0.29) is 96.5 Å². The topological polar surface area (TPSA) is 865 Å². The number of hydrogen-bond donors (Lipinski definition) is 31. The summed E-state index contributed by atoms with van der Waals surface area (Å²) < 4.78 is 78.4. The fraction of sp³-hybridized carbons (Fsp3) is 0.895. The maximum atomic E-state index is 13.7. The van der Waals surface area contributed by atoms with Crippen molar-refractivity contribution in [1.29, 1.82) is 0 Å². The van der Waals surface area contributed by atoms with Gasteiger partial charge in [0, 0.05) is 58.5 Å². The Bertz CT molecular complexity index is 3680. The lowest BCUT2D eigenvalue weighted by Gasteiger charge is -2.46. The largest absolute Gasteiger partial charge is 0.394 e. The quantitative estimate of drug-likeness (QED) is 0.0251. The van der Waals surface area contributed by atoms with Crippen molar-refractivity contribution in [1.82, 2.24) is 47.0 Å². The Morgan fingerprint density at radius 1 is 0.303 bits per heavy atom. The molecular weight excluding hydrogens is 1910 g/mol. The number of aliphatic hydroxyl groups excluding tert-OH is 23. The van der Waals surface area contributed by atoms with Crippen molar-refractivity contribution < 1.29 is 227 Å². The molecule has 824 valence electrons. The van der Waals surface area contributed by atoms with E-state index in [2.05, 4.69) is 37.2 Å². The number of Topliss-reactive ketones (excluding diaryl/α,β-unsaturated/α-hetero) is 2. The molecule has 0 aromatic heterocycles. The highest BCUT2D eigenvalue weighted by molar-refractivity contribution is 5.88. The molecule has 7 fully saturated rings. The van der Waals surface area contributed by atoms with Crippen molar-refractivity contribution in [2.75, 3.05) is 145 Å². The van der Waals surface area contributed by atoms with Crippen LogP contribution in [0.1, 0.15) is 124 Å². The van der Waals surface area contributed by atoms with Gasteiger partial charge in [-0.25, -0.2) is 0 Å². The second-order valence-corrected chi connectivity index (χ2v) is 35.7. The van der Waals surface area contributed by atoms with Crippen molar-refractivity contribution in [3.8, 4) is 0 Å². The average Bonchev–Trinajstić information content (AvgIpc) is 0.782. The molecule has 0 aromatic rings. The van der Waals surface area contributed by atoms with Gasteiger partial charge in [0.25, 0.3) is 0 Å². The Morgan fingerprint density at radius 2 is 0.599 bits per heavy atom. The van der Waals surface area contributed by atoms with Gasteiger partial charge in [0.2, 0.25) is 41.4 Å². The Labute approximate surface area is 819 Å². The monoisotopic (exact) mass is 2060 g/mol. The number of carbonyl (C=O) groups is 9. The summed E-state index contributed by atoms with van der Waals surface area (Å²) >= 11 is 0. The van der Waals surface area contributed by atoms with Crippen molar-refractivity contribution in [2.24, 2.45) is 5.73 Å². The molecule has 7 heterocycles. The fourth-order valence-electron chi connectivity index (χ4n) is 16.2. The van der Waals surface area contributed by atoms with E-state index in [9.17, 15) is 161 Å². The van der Waals surface area contributed by atoms with Gasteiger partial charge in [0.15, 0.2) is 49.8 Å². The van der Waals surface area contributed by atoms with Crippen LogP contribution in [0.5, 0.6) is 0 Å². The summed E-state index contributed by atoms with van der Waals surface area (Å²) in [5.41, 5.74) is 5.58. The molecule has 0 spiro atoms. The number of aliphatic hydroxyl groups is 23. The van der Waals surface area contributed by atoms with Crippen LogP contribution in [0.15, 0.2) is 0 Å². The molecule has 7 aliphatic heterocycles. The summed E-state index contributed by atoms with van der Waals surface area (Å²) in [6, 6.07) is -0.630. The molecule has 0 bridgehead atoms. The molecule has 0 unspecified atom stereocenters. The normalized spacial score (nSPS) is 34.6. The lowest BCUT2D eigenvalue weighted by Crippen LogP contribution is -2.65. The van der Waals surface area contributed by atoms with Crippen LogP contribution < -0.4 is 43.0 Å². The Morgan fingerprint density at radius 3 is 0.951 bits per heavy atom. The highest BCUT2D eigenvalue weighted by Gasteiger charge is 2.56. The molecule has 0 saturated carbocycles. The summed E-state index contributed by atoms with van der Waals surface area (Å²) in [5, 5.41) is 260. The van der Waals surface area contributed by atoms with Crippen molar-refractivity contribution in [3.63, 3.8) is 0 Å². The average molecular weight is 2060 g/mol. The highest BCUT2D eigenvalue weighted by Crippen LogP contribution is 2.35. The van der Waals surface area contributed by atoms with E-state index in [1.54, 1.807) is 0 Å². The van der Waals surface area contributed by atoms with Gasteiger partial charge in [-0.1, -0.05) is 20.3 Å². The van der Waals surface area contributed by atoms with Crippen LogP contribution in [0.25, 0.3) is 0 Å². The summed E-state index contributed by atoms with van der Waals surface area (Å²) in [5.74, 6) is -4.51. The number of nitrogens with zero attached hydrogens (tertiary/aromatic N) is 2. The van der Waals surface area contributed by atoms with Crippen molar-refractivity contribution >= 4 is 52.9 Å². The zero-order chi connectivity index (χ0) is 104. The van der Waals surface area contributed by atoms with Gasteiger partial charge in [0.1, 0.15) is 171 Å². The maximum absolute atomic E-state index is 13.7. The van der Waals surface area contributed by atoms with Gasteiger partial charge in [-0.15, -0.1) is 0 Å². The van der Waals surface area contributed by atoms with Crippen LogP contribution in [0.4, 0.5) is 0 Å². The number of unbranched alkanes of at least 4 members (excludes halogenated alkanes) is 7. The number of ether oxygens (including phenoxy) is 14. The number of hydrogen-bond acceptors (Lipinski definition) is 49. The SMILES string of the molecule is C.CC(=O)[C@H](CCCCN)NC(=O)CCCCCNC(=O)CN(CC(=O)NCCCCCNC(=O)CN(CC(=O)NCCO[C@@H]1O[C@@H](C)[C@@H](O)[C@@H](O)[C@@H]1O)CC(=O)NCCO[C@H]1O[C@H](CO[C@H]2O[C@H](CO)[C@@H](O)[C@H](O)[C@@H]2O)[C@@H](O)[C@H](O[C@H]2O[C@H](CO)[C@@H](O)[C@H](O)[C@@H]2O)[C@@H]1O)CC(=O)NCCCCCC(=O)CCCO[C@H]1O[C@H](CO[C@H]2O[C@H](CO)[C@@H](O)[C@H](O)[C@@H]2O)[C@@H](O)[C@H](O[C@H]2O[C@H](CO)[C@@H](O)[C@H](O)[C@@H]2O)[C@@H]1O. The van der Waals surface area contributed by atoms with Gasteiger partial charge < -0.3 is 227 Å². The Hall–Kier alpha value is -5.97.